The van der Waals surface area contributed by atoms with Crippen molar-refractivity contribution in [3.05, 3.63) is 71.3 Å². The Labute approximate surface area is 183 Å². The molecule has 0 bridgehead atoms. The molecule has 1 amide bonds. The van der Waals surface area contributed by atoms with E-state index in [1.807, 2.05) is 69.3 Å². The third-order valence-electron chi connectivity index (χ3n) is 4.62. The van der Waals surface area contributed by atoms with E-state index in [1.54, 1.807) is 6.08 Å². The van der Waals surface area contributed by atoms with Gasteiger partial charge in [-0.25, -0.2) is 9.59 Å². The molecule has 0 spiro atoms. The smallest absolute Gasteiger partial charge is 0.407 e. The van der Waals surface area contributed by atoms with Gasteiger partial charge in [0.05, 0.1) is 6.54 Å². The molecule has 1 aliphatic heterocycles. The van der Waals surface area contributed by atoms with Gasteiger partial charge >= 0.3 is 12.1 Å². The standard InChI is InChI=1S/C25H29NO5/c1-25(2,3)31-23(27)14-10-18-9-13-22-20(15-18)11-12-21(30-22)16-26-24(28)29-17-19-7-5-4-6-8-19/h4-10,13-15,21H,11-12,16-17H2,1-3H3,(H,26,28)/b14-10+/t21-/m1/s1. The molecule has 0 fully saturated rings. The first-order valence-corrected chi connectivity index (χ1v) is 10.4. The fourth-order valence-electron chi connectivity index (χ4n) is 3.18. The van der Waals surface area contributed by atoms with Crippen LogP contribution in [0.1, 0.15) is 43.9 Å². The molecule has 0 aliphatic carbocycles. The van der Waals surface area contributed by atoms with Gasteiger partial charge in [0.15, 0.2) is 0 Å². The van der Waals surface area contributed by atoms with Crippen molar-refractivity contribution in [2.24, 2.45) is 0 Å². The van der Waals surface area contributed by atoms with Crippen molar-refractivity contribution in [1.82, 2.24) is 5.32 Å². The minimum absolute atomic E-state index is 0.111. The van der Waals surface area contributed by atoms with Gasteiger partial charge in [-0.1, -0.05) is 36.4 Å². The van der Waals surface area contributed by atoms with Crippen molar-refractivity contribution >= 4 is 18.1 Å². The first-order valence-electron chi connectivity index (χ1n) is 10.4. The SMILES string of the molecule is CC(C)(C)OC(=O)/C=C/c1ccc2c(c1)CC[C@H](CNC(=O)OCc1ccccc1)O2. The highest BCUT2D eigenvalue weighted by Gasteiger charge is 2.21. The summed E-state index contributed by atoms with van der Waals surface area (Å²) in [6.45, 7) is 6.13. The van der Waals surface area contributed by atoms with Crippen LogP contribution in [-0.2, 0) is 27.3 Å². The van der Waals surface area contributed by atoms with E-state index in [0.717, 1.165) is 35.3 Å². The van der Waals surface area contributed by atoms with Crippen molar-refractivity contribution in [3.63, 3.8) is 0 Å². The quantitative estimate of drug-likeness (QED) is 0.540. The number of aryl methyl sites for hydroxylation is 1. The summed E-state index contributed by atoms with van der Waals surface area (Å²) in [6.07, 6.45) is 4.22. The topological polar surface area (TPSA) is 73.9 Å². The Bertz CT molecular complexity index is 931. The first-order chi connectivity index (χ1) is 14.8. The molecule has 0 unspecified atom stereocenters. The zero-order valence-corrected chi connectivity index (χ0v) is 18.2. The Hall–Kier alpha value is -3.28. The van der Waals surface area contributed by atoms with Crippen LogP contribution >= 0.6 is 0 Å². The summed E-state index contributed by atoms with van der Waals surface area (Å²) in [5.74, 6) is 0.428. The Morgan fingerprint density at radius 1 is 1.16 bits per heavy atom. The highest BCUT2D eigenvalue weighted by molar-refractivity contribution is 5.87. The molecule has 2 aromatic carbocycles. The highest BCUT2D eigenvalue weighted by atomic mass is 16.6. The summed E-state index contributed by atoms with van der Waals surface area (Å²) < 4.78 is 16.5. The summed E-state index contributed by atoms with van der Waals surface area (Å²) in [6, 6.07) is 15.3. The maximum absolute atomic E-state index is 11.9. The molecule has 0 radical (unpaired) electrons. The molecule has 6 heteroatoms. The van der Waals surface area contributed by atoms with Gasteiger partial charge in [-0.2, -0.15) is 0 Å². The van der Waals surface area contributed by atoms with Crippen molar-refractivity contribution in [3.8, 4) is 5.75 Å². The fraction of sp³-hybridized carbons (Fsp3) is 0.360. The molecule has 0 aromatic heterocycles. The molecule has 0 saturated carbocycles. The van der Waals surface area contributed by atoms with Crippen LogP contribution in [0.15, 0.2) is 54.6 Å². The average Bonchev–Trinajstić information content (AvgIpc) is 2.74. The van der Waals surface area contributed by atoms with E-state index in [9.17, 15) is 9.59 Å². The normalized spacial score (nSPS) is 15.6. The fourth-order valence-corrected chi connectivity index (χ4v) is 3.18. The number of carbonyl (C=O) groups excluding carboxylic acids is 2. The number of fused-ring (bicyclic) bond motifs is 1. The first kappa shape index (κ1) is 22.4. The van der Waals surface area contributed by atoms with E-state index < -0.39 is 11.7 Å². The van der Waals surface area contributed by atoms with Crippen molar-refractivity contribution < 1.29 is 23.8 Å². The van der Waals surface area contributed by atoms with Crippen molar-refractivity contribution in [1.29, 1.82) is 0 Å². The van der Waals surface area contributed by atoms with Crippen LogP contribution in [0.4, 0.5) is 4.79 Å². The summed E-state index contributed by atoms with van der Waals surface area (Å²) in [7, 11) is 0. The molecule has 6 nitrogen and oxygen atoms in total. The lowest BCUT2D eigenvalue weighted by molar-refractivity contribution is -0.148. The van der Waals surface area contributed by atoms with Gasteiger partial charge in [-0.05, 0) is 68.5 Å². The molecule has 1 heterocycles. The number of carbonyl (C=O) groups is 2. The summed E-state index contributed by atoms with van der Waals surface area (Å²) in [5, 5.41) is 2.77. The Kier molecular flexibility index (Phi) is 7.34. The predicted molar refractivity (Wildman–Crippen MR) is 119 cm³/mol. The molecule has 0 saturated heterocycles. The second-order valence-electron chi connectivity index (χ2n) is 8.46. The van der Waals surface area contributed by atoms with E-state index in [4.69, 9.17) is 14.2 Å². The second kappa shape index (κ2) is 10.2. The number of nitrogens with one attached hydrogen (secondary N) is 1. The van der Waals surface area contributed by atoms with Gasteiger partial charge < -0.3 is 19.5 Å². The van der Waals surface area contributed by atoms with E-state index >= 15 is 0 Å². The van der Waals surface area contributed by atoms with Gasteiger partial charge in [0.1, 0.15) is 24.1 Å². The number of benzene rings is 2. The monoisotopic (exact) mass is 423 g/mol. The molecule has 1 N–H and O–H groups in total. The Balaban J connectivity index is 1.46. The summed E-state index contributed by atoms with van der Waals surface area (Å²) in [4.78, 5) is 23.8. The number of ether oxygens (including phenoxy) is 3. The molecule has 1 atom stereocenters. The maximum Gasteiger partial charge on any atom is 0.407 e. The van der Waals surface area contributed by atoms with E-state index in [1.165, 1.54) is 6.08 Å². The lowest BCUT2D eigenvalue weighted by Crippen LogP contribution is -2.37. The van der Waals surface area contributed by atoms with Crippen LogP contribution in [0.2, 0.25) is 0 Å². The largest absolute Gasteiger partial charge is 0.488 e. The number of esters is 1. The number of amides is 1. The van der Waals surface area contributed by atoms with Gasteiger partial charge in [-0.3, -0.25) is 0 Å². The predicted octanol–water partition coefficient (Wildman–Crippen LogP) is 4.66. The summed E-state index contributed by atoms with van der Waals surface area (Å²) >= 11 is 0. The molecule has 3 rings (SSSR count). The van der Waals surface area contributed by atoms with Crippen molar-refractivity contribution in [2.75, 3.05) is 6.54 Å². The Morgan fingerprint density at radius 2 is 1.94 bits per heavy atom. The number of hydrogen-bond donors (Lipinski definition) is 1. The summed E-state index contributed by atoms with van der Waals surface area (Å²) in [5.41, 5.74) is 2.42. The van der Waals surface area contributed by atoms with Gasteiger partial charge in [0.25, 0.3) is 0 Å². The van der Waals surface area contributed by atoms with Gasteiger partial charge in [0, 0.05) is 6.08 Å². The zero-order valence-electron chi connectivity index (χ0n) is 18.2. The lowest BCUT2D eigenvalue weighted by atomic mass is 9.99. The molecular formula is C25H29NO5. The molecule has 164 valence electrons. The minimum atomic E-state index is -0.512. The highest BCUT2D eigenvalue weighted by Crippen LogP contribution is 2.28. The molecule has 31 heavy (non-hydrogen) atoms. The number of rotatable bonds is 6. The van der Waals surface area contributed by atoms with Crippen LogP contribution in [-0.4, -0.2) is 30.3 Å². The number of alkyl carbamates (subject to hydrolysis) is 1. The number of hydrogen-bond acceptors (Lipinski definition) is 5. The van der Waals surface area contributed by atoms with Crippen LogP contribution < -0.4 is 10.1 Å². The van der Waals surface area contributed by atoms with E-state index in [0.29, 0.717) is 6.54 Å². The van der Waals surface area contributed by atoms with E-state index in [-0.39, 0.29) is 18.7 Å². The third kappa shape index (κ3) is 7.48. The van der Waals surface area contributed by atoms with Crippen LogP contribution in [0.25, 0.3) is 6.08 Å². The van der Waals surface area contributed by atoms with Crippen LogP contribution in [0, 0.1) is 0 Å². The van der Waals surface area contributed by atoms with Crippen LogP contribution in [0.3, 0.4) is 0 Å². The van der Waals surface area contributed by atoms with Crippen LogP contribution in [0.5, 0.6) is 5.75 Å². The van der Waals surface area contributed by atoms with Crippen molar-refractivity contribution in [2.45, 2.75) is 51.9 Å². The average molecular weight is 424 g/mol. The minimum Gasteiger partial charge on any atom is -0.488 e. The second-order valence-corrected chi connectivity index (χ2v) is 8.46. The Morgan fingerprint density at radius 3 is 2.68 bits per heavy atom. The van der Waals surface area contributed by atoms with Gasteiger partial charge in [0.2, 0.25) is 0 Å². The molecule has 2 aromatic rings. The van der Waals surface area contributed by atoms with Gasteiger partial charge in [-0.15, -0.1) is 0 Å². The maximum atomic E-state index is 11.9. The lowest BCUT2D eigenvalue weighted by Gasteiger charge is -2.26. The molecule has 1 aliphatic rings. The third-order valence-corrected chi connectivity index (χ3v) is 4.62. The molecular weight excluding hydrogens is 394 g/mol. The van der Waals surface area contributed by atoms with E-state index in [2.05, 4.69) is 5.32 Å². The zero-order chi connectivity index (χ0) is 22.3.